The Bertz CT molecular complexity index is 519. The lowest BCUT2D eigenvalue weighted by Gasteiger charge is -2.01. The second kappa shape index (κ2) is 3.68. The molecule has 0 spiro atoms. The van der Waals surface area contributed by atoms with Gasteiger partial charge in [0.15, 0.2) is 10.7 Å². The molecule has 0 atom stereocenters. The summed E-state index contributed by atoms with van der Waals surface area (Å²) in [6, 6.07) is 3.52. The van der Waals surface area contributed by atoms with Crippen molar-refractivity contribution in [2.45, 2.75) is 16.7 Å². The Morgan fingerprint density at radius 1 is 1.29 bits per heavy atom. The molecule has 0 saturated carbocycles. The van der Waals surface area contributed by atoms with Crippen molar-refractivity contribution in [3.63, 3.8) is 0 Å². The average Bonchev–Trinajstić information content (AvgIpc) is 2.02. The van der Waals surface area contributed by atoms with Gasteiger partial charge in [-0.2, -0.15) is 8.42 Å². The highest BCUT2D eigenvalue weighted by Crippen LogP contribution is 2.17. The Morgan fingerprint density at radius 2 is 1.86 bits per heavy atom. The predicted molar refractivity (Wildman–Crippen MR) is 49.6 cm³/mol. The third-order valence-electron chi connectivity index (χ3n) is 1.66. The number of aryl methyl sites for hydroxylation is 1. The van der Waals surface area contributed by atoms with E-state index in [9.17, 15) is 16.8 Å². The zero-order chi connectivity index (χ0) is 10.9. The van der Waals surface area contributed by atoms with Gasteiger partial charge in [-0.15, -0.1) is 0 Å². The quantitative estimate of drug-likeness (QED) is 0.566. The van der Waals surface area contributed by atoms with Gasteiger partial charge >= 0.3 is 0 Å². The van der Waals surface area contributed by atoms with E-state index in [1.54, 1.807) is 0 Å². The van der Waals surface area contributed by atoms with Crippen molar-refractivity contribution >= 4 is 20.8 Å². The van der Waals surface area contributed by atoms with Gasteiger partial charge in [0, 0.05) is 0 Å². The van der Waals surface area contributed by atoms with Crippen molar-refractivity contribution in [1.82, 2.24) is 0 Å². The first kappa shape index (κ1) is 11.2. The summed E-state index contributed by atoms with van der Waals surface area (Å²) in [5.74, 6) is 0. The third-order valence-corrected chi connectivity index (χ3v) is 3.36. The highest BCUT2D eigenvalue weighted by molar-refractivity contribution is 7.86. The molecule has 1 N–H and O–H groups in total. The largest absolute Gasteiger partial charge is 0.294 e. The zero-order valence-corrected chi connectivity index (χ0v) is 8.88. The summed E-state index contributed by atoms with van der Waals surface area (Å²) in [5.41, 5.74) is 0.299. The van der Waals surface area contributed by atoms with E-state index >= 15 is 0 Å². The van der Waals surface area contributed by atoms with Crippen molar-refractivity contribution in [2.24, 2.45) is 0 Å². The van der Waals surface area contributed by atoms with Crippen LogP contribution in [0, 0.1) is 6.92 Å². The first-order valence-corrected chi connectivity index (χ1v) is 6.16. The fraction of sp³-hybridized carbons (Fsp3) is 0.143. The molecule has 0 unspecified atom stereocenters. The highest BCUT2D eigenvalue weighted by Gasteiger charge is 2.13. The van der Waals surface area contributed by atoms with Crippen LogP contribution in [0.2, 0.25) is 0 Å². The summed E-state index contributed by atoms with van der Waals surface area (Å²) in [7, 11) is -7.20. The fourth-order valence-corrected chi connectivity index (χ4v) is 2.25. The molecule has 1 rings (SSSR count). The van der Waals surface area contributed by atoms with E-state index in [0.717, 1.165) is 6.07 Å². The minimum Gasteiger partial charge on any atom is -0.282 e. The van der Waals surface area contributed by atoms with Gasteiger partial charge < -0.3 is 0 Å². The van der Waals surface area contributed by atoms with Crippen LogP contribution < -0.4 is 0 Å². The normalized spacial score (nSPS) is 11.9. The van der Waals surface area contributed by atoms with Crippen LogP contribution in [0.3, 0.4) is 0 Å². The van der Waals surface area contributed by atoms with E-state index in [4.69, 9.17) is 4.55 Å². The molecule has 0 saturated heterocycles. The molecule has 0 aliphatic heterocycles. The molecule has 7 heteroatoms. The summed E-state index contributed by atoms with van der Waals surface area (Å²) in [5, 5.41) is 0. The lowest BCUT2D eigenvalue weighted by atomic mass is 10.2. The van der Waals surface area contributed by atoms with Crippen LogP contribution in [0.1, 0.15) is 5.56 Å². The van der Waals surface area contributed by atoms with Crippen LogP contribution in [0.15, 0.2) is 28.0 Å². The Hall–Kier alpha value is -0.920. The zero-order valence-electron chi connectivity index (χ0n) is 7.17. The predicted octanol–water partition coefficient (Wildman–Crippen LogP) is 0.212. The average molecular weight is 236 g/mol. The van der Waals surface area contributed by atoms with E-state index in [-0.39, 0.29) is 9.79 Å². The fourth-order valence-electron chi connectivity index (χ4n) is 0.980. The molecule has 1 aromatic rings. The Labute approximate surface area is 83.1 Å². The third kappa shape index (κ3) is 2.31. The van der Waals surface area contributed by atoms with E-state index in [2.05, 4.69) is 0 Å². The van der Waals surface area contributed by atoms with Gasteiger partial charge in [0.25, 0.3) is 10.1 Å². The molecule has 0 heterocycles. The lowest BCUT2D eigenvalue weighted by molar-refractivity contribution is 0.482. The number of hydrogen-bond acceptors (Lipinski definition) is 4. The van der Waals surface area contributed by atoms with Crippen LogP contribution >= 0.6 is 0 Å². The van der Waals surface area contributed by atoms with Gasteiger partial charge in [-0.05, 0) is 24.6 Å². The van der Waals surface area contributed by atoms with Crippen LogP contribution in [0.25, 0.3) is 0 Å². The summed E-state index contributed by atoms with van der Waals surface area (Å²) in [4.78, 5) is -0.521. The smallest absolute Gasteiger partial charge is 0.282 e. The monoisotopic (exact) mass is 236 g/mol. The molecule has 0 aliphatic rings. The number of rotatable bonds is 2. The van der Waals surface area contributed by atoms with Gasteiger partial charge in [0.05, 0.1) is 9.79 Å². The molecule has 0 aliphatic carbocycles. The van der Waals surface area contributed by atoms with E-state index in [0.29, 0.717) is 5.56 Å². The molecule has 1 aromatic carbocycles. The first-order valence-electron chi connectivity index (χ1n) is 3.55. The summed E-state index contributed by atoms with van der Waals surface area (Å²) in [6.07, 6.45) is 0. The molecule has 5 nitrogen and oxygen atoms in total. The SMILES string of the molecule is Cc1ccc([SH](=O)=O)cc1S(=O)(=O)O. The molecule has 14 heavy (non-hydrogen) atoms. The van der Waals surface area contributed by atoms with E-state index in [1.165, 1.54) is 19.1 Å². The van der Waals surface area contributed by atoms with Gasteiger partial charge in [0.1, 0.15) is 0 Å². The minimum atomic E-state index is -4.36. The van der Waals surface area contributed by atoms with Crippen molar-refractivity contribution in [1.29, 1.82) is 0 Å². The number of thiol groups is 1. The van der Waals surface area contributed by atoms with Gasteiger partial charge in [-0.1, -0.05) is 6.07 Å². The molecule has 78 valence electrons. The first-order chi connectivity index (χ1) is 6.32. The maximum atomic E-state index is 10.8. The van der Waals surface area contributed by atoms with Gasteiger partial charge in [0.2, 0.25) is 0 Å². The second-order valence-electron chi connectivity index (χ2n) is 2.68. The standard InChI is InChI=1S/C7H8O5S2/c1-5-2-3-6(13(8)9)4-7(5)14(10,11)12/h2-4,13H,1H3,(H,10,11,12). The Kier molecular flexibility index (Phi) is 2.93. The van der Waals surface area contributed by atoms with Crippen molar-refractivity contribution < 1.29 is 21.4 Å². The van der Waals surface area contributed by atoms with Crippen molar-refractivity contribution in [2.75, 3.05) is 0 Å². The van der Waals surface area contributed by atoms with Crippen molar-refractivity contribution in [3.8, 4) is 0 Å². The molecular formula is C7H8O5S2. The van der Waals surface area contributed by atoms with Crippen LogP contribution in [-0.4, -0.2) is 21.4 Å². The molecule has 0 fully saturated rings. The lowest BCUT2D eigenvalue weighted by Crippen LogP contribution is -2.01. The highest BCUT2D eigenvalue weighted by atomic mass is 32.2. The topological polar surface area (TPSA) is 88.5 Å². The molecule has 0 bridgehead atoms. The summed E-state index contributed by atoms with van der Waals surface area (Å²) in [6.45, 7) is 1.46. The Balaban J connectivity index is 3.52. The number of benzene rings is 1. The van der Waals surface area contributed by atoms with Crippen LogP contribution in [0.5, 0.6) is 0 Å². The molecule has 0 aromatic heterocycles. The maximum absolute atomic E-state index is 10.8. The molecule has 0 amide bonds. The molecule has 0 radical (unpaired) electrons. The van der Waals surface area contributed by atoms with E-state index in [1.807, 2.05) is 0 Å². The molecular weight excluding hydrogens is 228 g/mol. The minimum absolute atomic E-state index is 0.141. The van der Waals surface area contributed by atoms with Crippen LogP contribution in [-0.2, 0) is 20.8 Å². The maximum Gasteiger partial charge on any atom is 0.294 e. The number of hydrogen-bond donors (Lipinski definition) is 2. The summed E-state index contributed by atoms with van der Waals surface area (Å²) < 4.78 is 51.4. The summed E-state index contributed by atoms with van der Waals surface area (Å²) >= 11 is 0. The second-order valence-corrected chi connectivity index (χ2v) is 5.10. The Morgan fingerprint density at radius 3 is 2.29 bits per heavy atom. The van der Waals surface area contributed by atoms with Gasteiger partial charge in [-0.3, -0.25) is 4.55 Å². The van der Waals surface area contributed by atoms with Gasteiger partial charge in [-0.25, -0.2) is 8.42 Å². The van der Waals surface area contributed by atoms with Crippen molar-refractivity contribution in [3.05, 3.63) is 23.8 Å². The van der Waals surface area contributed by atoms with E-state index < -0.39 is 20.8 Å². The van der Waals surface area contributed by atoms with Crippen LogP contribution in [0.4, 0.5) is 0 Å².